The van der Waals surface area contributed by atoms with Crippen LogP contribution in [0.5, 0.6) is 0 Å². The molecule has 0 unspecified atom stereocenters. The number of ether oxygens (including phenoxy) is 1. The Bertz CT molecular complexity index is 1080. The van der Waals surface area contributed by atoms with Crippen LogP contribution in [0, 0.1) is 0 Å². The fourth-order valence-corrected chi connectivity index (χ4v) is 3.55. The van der Waals surface area contributed by atoms with Crippen molar-refractivity contribution in [3.05, 3.63) is 95.6 Å². The molecule has 0 aromatic heterocycles. The molecule has 0 bridgehead atoms. The minimum Gasteiger partial charge on any atom is -0.399 e. The molecule has 3 aromatic carbocycles. The zero-order valence-electron chi connectivity index (χ0n) is 19.6. The summed E-state index contributed by atoms with van der Waals surface area (Å²) in [5, 5.41) is 2.96. The molecule has 5 nitrogen and oxygen atoms in total. The summed E-state index contributed by atoms with van der Waals surface area (Å²) in [6.07, 6.45) is 0. The lowest BCUT2D eigenvalue weighted by Crippen LogP contribution is -2.41. The predicted octanol–water partition coefficient (Wildman–Crippen LogP) is 4.95. The second kappa shape index (κ2) is 9.52. The third kappa shape index (κ3) is 5.53. The Labute approximate surface area is 196 Å². The summed E-state index contributed by atoms with van der Waals surface area (Å²) in [5.74, 6) is -0.179. The van der Waals surface area contributed by atoms with Gasteiger partial charge in [-0.1, -0.05) is 54.6 Å². The van der Waals surface area contributed by atoms with E-state index in [9.17, 15) is 4.79 Å². The van der Waals surface area contributed by atoms with Gasteiger partial charge in [0.05, 0.1) is 24.4 Å². The molecule has 33 heavy (non-hydrogen) atoms. The highest BCUT2D eigenvalue weighted by atomic mass is 16.7. The molecule has 170 valence electrons. The number of rotatable bonds is 7. The van der Waals surface area contributed by atoms with Gasteiger partial charge in [0, 0.05) is 11.3 Å². The minimum absolute atomic E-state index is 0.179. The largest absolute Gasteiger partial charge is 0.494 e. The summed E-state index contributed by atoms with van der Waals surface area (Å²) >= 11 is 0. The minimum atomic E-state index is -0.502. The van der Waals surface area contributed by atoms with E-state index in [1.807, 2.05) is 100 Å². The monoisotopic (exact) mass is 443 g/mol. The highest BCUT2D eigenvalue weighted by Crippen LogP contribution is 2.36. The summed E-state index contributed by atoms with van der Waals surface area (Å²) in [4.78, 5) is 12.8. The van der Waals surface area contributed by atoms with Crippen LogP contribution in [0.25, 0.3) is 0 Å². The highest BCUT2D eigenvalue weighted by Gasteiger charge is 2.51. The lowest BCUT2D eigenvalue weighted by atomic mass is 9.78. The fraction of sp³-hybridized carbons (Fsp3) is 0.296. The zero-order valence-corrected chi connectivity index (χ0v) is 19.6. The molecule has 1 fully saturated rings. The van der Waals surface area contributed by atoms with Gasteiger partial charge in [-0.05, 0) is 68.6 Å². The van der Waals surface area contributed by atoms with Crippen molar-refractivity contribution in [1.29, 1.82) is 0 Å². The van der Waals surface area contributed by atoms with Gasteiger partial charge in [-0.25, -0.2) is 0 Å². The van der Waals surface area contributed by atoms with Gasteiger partial charge in [-0.3, -0.25) is 4.79 Å². The number of amides is 1. The number of benzene rings is 3. The third-order valence-corrected chi connectivity index (χ3v) is 6.27. The second-order valence-electron chi connectivity index (χ2n) is 9.34. The SMILES string of the molecule is CC1(C)OB(c2cccc(C(=O)Nc3ccc(COCc4ccccc4)cc3)c2)OC1(C)C. The molecule has 0 aliphatic carbocycles. The van der Waals surface area contributed by atoms with Gasteiger partial charge in [-0.2, -0.15) is 0 Å². The number of anilines is 1. The average Bonchev–Trinajstić information content (AvgIpc) is 3.03. The Balaban J connectivity index is 1.34. The van der Waals surface area contributed by atoms with Gasteiger partial charge in [0.15, 0.2) is 0 Å². The van der Waals surface area contributed by atoms with Crippen molar-refractivity contribution in [3.63, 3.8) is 0 Å². The van der Waals surface area contributed by atoms with E-state index in [4.69, 9.17) is 14.0 Å². The quantitative estimate of drug-likeness (QED) is 0.525. The van der Waals surface area contributed by atoms with Crippen LogP contribution in [0.4, 0.5) is 5.69 Å². The summed E-state index contributed by atoms with van der Waals surface area (Å²) < 4.78 is 18.0. The summed E-state index contributed by atoms with van der Waals surface area (Å²) in [6.45, 7) is 9.14. The van der Waals surface area contributed by atoms with Crippen molar-refractivity contribution >= 4 is 24.2 Å². The van der Waals surface area contributed by atoms with E-state index in [-0.39, 0.29) is 5.91 Å². The molecule has 0 saturated carbocycles. The normalized spacial score (nSPS) is 16.5. The van der Waals surface area contributed by atoms with Crippen molar-refractivity contribution in [2.24, 2.45) is 0 Å². The highest BCUT2D eigenvalue weighted by molar-refractivity contribution is 6.62. The van der Waals surface area contributed by atoms with Crippen LogP contribution in [0.3, 0.4) is 0 Å². The van der Waals surface area contributed by atoms with Gasteiger partial charge < -0.3 is 19.4 Å². The predicted molar refractivity (Wildman–Crippen MR) is 131 cm³/mol. The molecular formula is C27H30BNO4. The molecular weight excluding hydrogens is 413 g/mol. The number of carbonyl (C=O) groups is 1. The number of nitrogens with one attached hydrogen (secondary N) is 1. The Morgan fingerprint density at radius 2 is 1.42 bits per heavy atom. The first kappa shape index (κ1) is 23.2. The van der Waals surface area contributed by atoms with Crippen molar-refractivity contribution in [3.8, 4) is 0 Å². The standard InChI is InChI=1S/C27H30BNO4/c1-26(2)27(3,4)33-28(32-26)23-12-8-11-22(17-23)25(30)29-24-15-13-21(14-16-24)19-31-18-20-9-6-5-7-10-20/h5-17H,18-19H2,1-4H3,(H,29,30). The molecule has 1 N–H and O–H groups in total. The Morgan fingerprint density at radius 1 is 0.818 bits per heavy atom. The lowest BCUT2D eigenvalue weighted by Gasteiger charge is -2.32. The fourth-order valence-electron chi connectivity index (χ4n) is 3.55. The van der Waals surface area contributed by atoms with Crippen molar-refractivity contribution in [2.75, 3.05) is 5.32 Å². The van der Waals surface area contributed by atoms with Crippen molar-refractivity contribution < 1.29 is 18.8 Å². The van der Waals surface area contributed by atoms with Crippen LogP contribution in [0.2, 0.25) is 0 Å². The molecule has 1 aliphatic heterocycles. The van der Waals surface area contributed by atoms with E-state index in [1.54, 1.807) is 6.07 Å². The molecule has 0 atom stereocenters. The van der Waals surface area contributed by atoms with E-state index in [2.05, 4.69) is 5.32 Å². The Morgan fingerprint density at radius 3 is 2.06 bits per heavy atom. The first-order valence-corrected chi connectivity index (χ1v) is 11.2. The summed E-state index contributed by atoms with van der Waals surface area (Å²) in [6, 6.07) is 25.1. The van der Waals surface area contributed by atoms with Gasteiger partial charge in [-0.15, -0.1) is 0 Å². The van der Waals surface area contributed by atoms with Crippen molar-refractivity contribution in [1.82, 2.24) is 0 Å². The molecule has 3 aromatic rings. The maximum Gasteiger partial charge on any atom is 0.494 e. The van der Waals surface area contributed by atoms with Crippen LogP contribution < -0.4 is 10.8 Å². The average molecular weight is 443 g/mol. The van der Waals surface area contributed by atoms with Crippen LogP contribution in [-0.2, 0) is 27.3 Å². The van der Waals surface area contributed by atoms with Crippen LogP contribution in [0.1, 0.15) is 49.2 Å². The van der Waals surface area contributed by atoms with E-state index >= 15 is 0 Å². The van der Waals surface area contributed by atoms with Gasteiger partial charge in [0.2, 0.25) is 0 Å². The van der Waals surface area contributed by atoms with Gasteiger partial charge in [0.25, 0.3) is 5.91 Å². The van der Waals surface area contributed by atoms with Crippen LogP contribution >= 0.6 is 0 Å². The molecule has 1 amide bonds. The van der Waals surface area contributed by atoms with E-state index in [0.29, 0.717) is 18.8 Å². The van der Waals surface area contributed by atoms with E-state index in [1.165, 1.54) is 0 Å². The maximum atomic E-state index is 12.8. The number of hydrogen-bond donors (Lipinski definition) is 1. The molecule has 0 radical (unpaired) electrons. The Kier molecular flexibility index (Phi) is 6.70. The second-order valence-corrected chi connectivity index (χ2v) is 9.34. The Hall–Kier alpha value is -2.93. The van der Waals surface area contributed by atoms with Crippen LogP contribution in [0.15, 0.2) is 78.9 Å². The van der Waals surface area contributed by atoms with Gasteiger partial charge in [0.1, 0.15) is 0 Å². The third-order valence-electron chi connectivity index (χ3n) is 6.27. The molecule has 1 heterocycles. The number of hydrogen-bond acceptors (Lipinski definition) is 4. The first-order chi connectivity index (χ1) is 15.7. The zero-order chi connectivity index (χ0) is 23.5. The molecule has 1 saturated heterocycles. The van der Waals surface area contributed by atoms with Crippen LogP contribution in [-0.4, -0.2) is 24.2 Å². The van der Waals surface area contributed by atoms with Crippen molar-refractivity contribution in [2.45, 2.75) is 52.1 Å². The van der Waals surface area contributed by atoms with Gasteiger partial charge >= 0.3 is 7.12 Å². The molecule has 1 aliphatic rings. The summed E-state index contributed by atoms with van der Waals surface area (Å²) in [7, 11) is -0.502. The maximum absolute atomic E-state index is 12.8. The summed E-state index contributed by atoms with van der Waals surface area (Å²) in [5.41, 5.74) is 3.44. The smallest absolute Gasteiger partial charge is 0.399 e. The molecule has 4 rings (SSSR count). The molecule has 0 spiro atoms. The first-order valence-electron chi connectivity index (χ1n) is 11.2. The molecule has 6 heteroatoms. The van der Waals surface area contributed by atoms with E-state index in [0.717, 1.165) is 22.3 Å². The number of carbonyl (C=O) groups excluding carboxylic acids is 1. The van der Waals surface area contributed by atoms with E-state index < -0.39 is 18.3 Å². The lowest BCUT2D eigenvalue weighted by molar-refractivity contribution is 0.00578. The topological polar surface area (TPSA) is 56.8 Å².